The smallest absolute Gasteiger partial charge is 0.373 e. The number of hydrogen-bond acceptors (Lipinski definition) is 3. The van der Waals surface area contributed by atoms with Crippen molar-refractivity contribution >= 4 is 37.8 Å². The molecule has 0 bridgehead atoms. The predicted octanol–water partition coefficient (Wildman–Crippen LogP) is 1.61. The van der Waals surface area contributed by atoms with Gasteiger partial charge in [-0.2, -0.15) is 0 Å². The SMILES string of the molecule is O=C(O)c1ncc(Br)n1-n1cnc(Br)c1. The summed E-state index contributed by atoms with van der Waals surface area (Å²) in [6, 6.07) is 0. The second-order valence-electron chi connectivity index (χ2n) is 2.60. The van der Waals surface area contributed by atoms with Crippen molar-refractivity contribution in [3.8, 4) is 0 Å². The Bertz CT molecular complexity index is 519. The Morgan fingerprint density at radius 3 is 2.67 bits per heavy atom. The van der Waals surface area contributed by atoms with E-state index in [-0.39, 0.29) is 5.82 Å². The van der Waals surface area contributed by atoms with Crippen LogP contribution < -0.4 is 0 Å². The maximum atomic E-state index is 10.9. The predicted molar refractivity (Wildman–Crippen MR) is 57.6 cm³/mol. The fraction of sp³-hybridized carbons (Fsp3) is 0. The number of nitrogens with zero attached hydrogens (tertiary/aromatic N) is 4. The van der Waals surface area contributed by atoms with Crippen molar-refractivity contribution in [1.29, 1.82) is 0 Å². The van der Waals surface area contributed by atoms with Crippen LogP contribution in [-0.4, -0.2) is 30.4 Å². The van der Waals surface area contributed by atoms with Gasteiger partial charge in [0.25, 0.3) is 0 Å². The first-order valence-electron chi connectivity index (χ1n) is 3.76. The molecule has 0 aliphatic heterocycles. The highest BCUT2D eigenvalue weighted by Gasteiger charge is 2.16. The molecule has 0 amide bonds. The maximum absolute atomic E-state index is 10.9. The van der Waals surface area contributed by atoms with E-state index in [1.165, 1.54) is 21.9 Å². The number of aromatic nitrogens is 4. The van der Waals surface area contributed by atoms with Crippen LogP contribution in [0.1, 0.15) is 10.6 Å². The number of carboxylic acids is 1. The van der Waals surface area contributed by atoms with E-state index in [0.29, 0.717) is 9.21 Å². The minimum Gasteiger partial charge on any atom is -0.475 e. The van der Waals surface area contributed by atoms with Crippen LogP contribution in [0.15, 0.2) is 27.9 Å². The molecule has 2 heterocycles. The molecule has 1 N–H and O–H groups in total. The van der Waals surface area contributed by atoms with Crippen LogP contribution in [0.2, 0.25) is 0 Å². The molecule has 0 spiro atoms. The summed E-state index contributed by atoms with van der Waals surface area (Å²) in [6.45, 7) is 0. The number of carbonyl (C=O) groups is 1. The van der Waals surface area contributed by atoms with Crippen LogP contribution in [0.25, 0.3) is 0 Å². The summed E-state index contributed by atoms with van der Waals surface area (Å²) in [5.41, 5.74) is 0. The Morgan fingerprint density at radius 2 is 2.13 bits per heavy atom. The molecule has 6 nitrogen and oxygen atoms in total. The van der Waals surface area contributed by atoms with E-state index in [9.17, 15) is 4.79 Å². The third kappa shape index (κ3) is 1.82. The van der Waals surface area contributed by atoms with Crippen LogP contribution in [0.5, 0.6) is 0 Å². The number of carboxylic acid groups (broad SMARTS) is 1. The highest BCUT2D eigenvalue weighted by atomic mass is 79.9. The first-order chi connectivity index (χ1) is 7.09. The van der Waals surface area contributed by atoms with Crippen molar-refractivity contribution in [3.63, 3.8) is 0 Å². The molecule has 0 radical (unpaired) electrons. The van der Waals surface area contributed by atoms with Crippen LogP contribution in [0.4, 0.5) is 0 Å². The molecule has 8 heteroatoms. The highest BCUT2D eigenvalue weighted by Crippen LogP contribution is 2.15. The lowest BCUT2D eigenvalue weighted by Crippen LogP contribution is -2.15. The quantitative estimate of drug-likeness (QED) is 0.905. The number of imidazole rings is 2. The van der Waals surface area contributed by atoms with Gasteiger partial charge in [0, 0.05) is 0 Å². The van der Waals surface area contributed by atoms with Gasteiger partial charge in [-0.25, -0.2) is 24.1 Å². The molecule has 0 atom stereocenters. The van der Waals surface area contributed by atoms with E-state index in [1.807, 2.05) is 0 Å². The topological polar surface area (TPSA) is 72.9 Å². The Balaban J connectivity index is 2.60. The van der Waals surface area contributed by atoms with Gasteiger partial charge in [0.1, 0.15) is 15.5 Å². The molecule has 0 fully saturated rings. The monoisotopic (exact) mass is 334 g/mol. The number of aromatic carboxylic acids is 1. The highest BCUT2D eigenvalue weighted by molar-refractivity contribution is 9.10. The summed E-state index contributed by atoms with van der Waals surface area (Å²) >= 11 is 6.38. The minimum absolute atomic E-state index is 0.0909. The molecule has 0 aliphatic rings. The van der Waals surface area contributed by atoms with Crippen LogP contribution in [0.3, 0.4) is 0 Å². The Hall–Kier alpha value is -1.15. The van der Waals surface area contributed by atoms with Gasteiger partial charge in [-0.15, -0.1) is 0 Å². The molecule has 0 saturated carbocycles. The molecule has 2 aromatic heterocycles. The van der Waals surface area contributed by atoms with Gasteiger partial charge >= 0.3 is 5.97 Å². The zero-order valence-corrected chi connectivity index (χ0v) is 10.3. The van der Waals surface area contributed by atoms with Gasteiger partial charge < -0.3 is 5.11 Å². The van der Waals surface area contributed by atoms with Crippen molar-refractivity contribution in [3.05, 3.63) is 33.8 Å². The summed E-state index contributed by atoms with van der Waals surface area (Å²) < 4.78 is 4.02. The van der Waals surface area contributed by atoms with E-state index >= 15 is 0 Å². The fourth-order valence-corrected chi connectivity index (χ4v) is 1.84. The second-order valence-corrected chi connectivity index (χ2v) is 4.22. The summed E-state index contributed by atoms with van der Waals surface area (Å²) in [5, 5.41) is 8.90. The average molecular weight is 336 g/mol. The van der Waals surface area contributed by atoms with Crippen molar-refractivity contribution in [2.75, 3.05) is 0 Å². The van der Waals surface area contributed by atoms with Crippen LogP contribution in [-0.2, 0) is 0 Å². The number of rotatable bonds is 2. The zero-order chi connectivity index (χ0) is 11.0. The molecule has 15 heavy (non-hydrogen) atoms. The Labute approximate surface area is 101 Å². The van der Waals surface area contributed by atoms with E-state index in [2.05, 4.69) is 41.8 Å². The van der Waals surface area contributed by atoms with E-state index in [0.717, 1.165) is 0 Å². The Morgan fingerprint density at radius 1 is 1.40 bits per heavy atom. The standard InChI is InChI=1S/C7H4Br2N4O2/c8-4-2-12(3-11-4)13-5(9)1-10-6(13)7(14)15/h1-3H,(H,14,15). The fourth-order valence-electron chi connectivity index (χ4n) is 1.09. The average Bonchev–Trinajstić information content (AvgIpc) is 2.71. The summed E-state index contributed by atoms with van der Waals surface area (Å²) in [7, 11) is 0. The molecule has 2 aromatic rings. The van der Waals surface area contributed by atoms with Gasteiger partial charge in [-0.3, -0.25) is 0 Å². The van der Waals surface area contributed by atoms with Gasteiger partial charge in [-0.05, 0) is 31.9 Å². The first kappa shape index (κ1) is 10.4. The molecule has 0 saturated heterocycles. The third-order valence-corrected chi connectivity index (χ3v) is 2.61. The molecular formula is C7H4Br2N4O2. The number of halogens is 2. The summed E-state index contributed by atoms with van der Waals surface area (Å²) in [4.78, 5) is 18.6. The molecular weight excluding hydrogens is 332 g/mol. The van der Waals surface area contributed by atoms with E-state index < -0.39 is 5.97 Å². The summed E-state index contributed by atoms with van der Waals surface area (Å²) in [5.74, 6) is -1.20. The van der Waals surface area contributed by atoms with Gasteiger partial charge in [0.15, 0.2) is 0 Å². The van der Waals surface area contributed by atoms with Crippen molar-refractivity contribution < 1.29 is 9.90 Å². The van der Waals surface area contributed by atoms with E-state index in [1.54, 1.807) is 6.20 Å². The second kappa shape index (κ2) is 3.78. The molecule has 0 unspecified atom stereocenters. The lowest BCUT2D eigenvalue weighted by atomic mass is 10.6. The summed E-state index contributed by atoms with van der Waals surface area (Å²) in [6.07, 6.45) is 4.51. The maximum Gasteiger partial charge on any atom is 0.373 e. The third-order valence-electron chi connectivity index (χ3n) is 1.66. The van der Waals surface area contributed by atoms with Crippen molar-refractivity contribution in [2.24, 2.45) is 0 Å². The van der Waals surface area contributed by atoms with Gasteiger partial charge in [0.05, 0.1) is 12.4 Å². The molecule has 0 aliphatic carbocycles. The largest absolute Gasteiger partial charge is 0.475 e. The van der Waals surface area contributed by atoms with Gasteiger partial charge in [-0.1, -0.05) is 0 Å². The van der Waals surface area contributed by atoms with Crippen molar-refractivity contribution in [2.45, 2.75) is 0 Å². The number of hydrogen-bond donors (Lipinski definition) is 1. The normalized spacial score (nSPS) is 10.5. The van der Waals surface area contributed by atoms with E-state index in [4.69, 9.17) is 5.11 Å². The lowest BCUT2D eigenvalue weighted by Gasteiger charge is -2.05. The zero-order valence-electron chi connectivity index (χ0n) is 7.13. The van der Waals surface area contributed by atoms with Crippen LogP contribution >= 0.6 is 31.9 Å². The minimum atomic E-state index is -1.11. The van der Waals surface area contributed by atoms with Gasteiger partial charge in [0.2, 0.25) is 5.82 Å². The lowest BCUT2D eigenvalue weighted by molar-refractivity contribution is 0.0676. The van der Waals surface area contributed by atoms with Crippen LogP contribution in [0, 0.1) is 0 Å². The Kier molecular flexibility index (Phi) is 2.61. The van der Waals surface area contributed by atoms with Crippen molar-refractivity contribution in [1.82, 2.24) is 19.3 Å². The molecule has 0 aromatic carbocycles. The molecule has 78 valence electrons. The molecule has 2 rings (SSSR count). The first-order valence-corrected chi connectivity index (χ1v) is 5.35.